The normalized spacial score (nSPS) is 15.0. The number of nitrogens with zero attached hydrogens (tertiary/aromatic N) is 1. The SMILES string of the molecule is C=Nc1cc(NC(=O)C2C=C(OC)CC(OC)=CC2)ccc1NCc1ccc(NC(=O)C(CC)CCCC)cc1.CO. The number of amides is 2. The molecule has 228 valence electrons. The molecule has 9 heteroatoms. The van der Waals surface area contributed by atoms with Gasteiger partial charge in [-0.1, -0.05) is 38.8 Å². The van der Waals surface area contributed by atoms with Gasteiger partial charge in [0.05, 0.1) is 49.5 Å². The van der Waals surface area contributed by atoms with Gasteiger partial charge >= 0.3 is 0 Å². The number of ether oxygens (including phenoxy) is 2. The summed E-state index contributed by atoms with van der Waals surface area (Å²) in [7, 11) is 4.21. The minimum Gasteiger partial charge on any atom is -0.501 e. The zero-order valence-electron chi connectivity index (χ0n) is 25.5. The van der Waals surface area contributed by atoms with Crippen LogP contribution in [0, 0.1) is 11.8 Å². The van der Waals surface area contributed by atoms with Gasteiger partial charge in [0, 0.05) is 30.9 Å². The van der Waals surface area contributed by atoms with Crippen LogP contribution in [0.3, 0.4) is 0 Å². The van der Waals surface area contributed by atoms with Crippen molar-refractivity contribution >= 4 is 41.3 Å². The van der Waals surface area contributed by atoms with Crippen molar-refractivity contribution in [1.29, 1.82) is 0 Å². The summed E-state index contributed by atoms with van der Waals surface area (Å²) in [6, 6.07) is 13.3. The smallest absolute Gasteiger partial charge is 0.231 e. The number of carbonyl (C=O) groups is 2. The van der Waals surface area contributed by atoms with E-state index in [1.807, 2.05) is 48.6 Å². The van der Waals surface area contributed by atoms with Crippen LogP contribution in [0.5, 0.6) is 0 Å². The molecule has 0 spiro atoms. The summed E-state index contributed by atoms with van der Waals surface area (Å²) in [5.41, 5.74) is 3.92. The van der Waals surface area contributed by atoms with Crippen molar-refractivity contribution in [1.82, 2.24) is 0 Å². The second kappa shape index (κ2) is 18.3. The van der Waals surface area contributed by atoms with E-state index in [2.05, 4.69) is 41.5 Å². The molecular weight excluding hydrogens is 532 g/mol. The quantitative estimate of drug-likeness (QED) is 0.183. The van der Waals surface area contributed by atoms with Crippen LogP contribution < -0.4 is 16.0 Å². The van der Waals surface area contributed by atoms with Crippen LogP contribution in [0.25, 0.3) is 0 Å². The third-order valence-electron chi connectivity index (χ3n) is 7.11. The Labute approximate surface area is 250 Å². The molecule has 0 heterocycles. The Hall–Kier alpha value is -4.11. The van der Waals surface area contributed by atoms with Gasteiger partial charge in [-0.2, -0.15) is 0 Å². The fourth-order valence-electron chi connectivity index (χ4n) is 4.58. The lowest BCUT2D eigenvalue weighted by Crippen LogP contribution is -2.22. The zero-order valence-corrected chi connectivity index (χ0v) is 25.5. The van der Waals surface area contributed by atoms with Crippen LogP contribution in [0.15, 0.2) is 71.1 Å². The van der Waals surface area contributed by atoms with Gasteiger partial charge in [0.15, 0.2) is 0 Å². The second-order valence-electron chi connectivity index (χ2n) is 9.90. The molecule has 2 unspecified atom stereocenters. The van der Waals surface area contributed by atoms with Gasteiger partial charge in [-0.25, -0.2) is 0 Å². The van der Waals surface area contributed by atoms with Crippen molar-refractivity contribution in [3.8, 4) is 0 Å². The Balaban J connectivity index is 0.00000301. The molecule has 3 rings (SSSR count). The number of nitrogens with one attached hydrogen (secondary N) is 3. The van der Waals surface area contributed by atoms with Crippen LogP contribution in [-0.2, 0) is 25.6 Å². The van der Waals surface area contributed by atoms with E-state index in [9.17, 15) is 9.59 Å². The topological polar surface area (TPSA) is 121 Å². The maximum absolute atomic E-state index is 13.0. The Morgan fingerprint density at radius 2 is 1.71 bits per heavy atom. The molecule has 0 aliphatic heterocycles. The molecule has 0 fully saturated rings. The van der Waals surface area contributed by atoms with E-state index in [1.54, 1.807) is 20.3 Å². The summed E-state index contributed by atoms with van der Waals surface area (Å²) in [6.07, 6.45) is 8.72. The molecule has 2 amide bonds. The summed E-state index contributed by atoms with van der Waals surface area (Å²) in [6.45, 7) is 8.46. The average molecular weight is 579 g/mol. The van der Waals surface area contributed by atoms with E-state index in [-0.39, 0.29) is 23.7 Å². The van der Waals surface area contributed by atoms with Crippen LogP contribution in [-0.4, -0.2) is 45.0 Å². The molecule has 2 atom stereocenters. The van der Waals surface area contributed by atoms with Gasteiger partial charge < -0.3 is 30.5 Å². The Morgan fingerprint density at radius 1 is 1.02 bits per heavy atom. The number of aliphatic hydroxyl groups excluding tert-OH is 1. The molecule has 0 aromatic heterocycles. The molecule has 1 aliphatic carbocycles. The number of carbonyl (C=O) groups excluding carboxylic acids is 2. The van der Waals surface area contributed by atoms with Gasteiger partial charge in [-0.05, 0) is 74.0 Å². The van der Waals surface area contributed by atoms with Gasteiger partial charge in [0.25, 0.3) is 0 Å². The Morgan fingerprint density at radius 3 is 2.33 bits per heavy atom. The Bertz CT molecular complexity index is 1220. The van der Waals surface area contributed by atoms with Crippen molar-refractivity contribution in [3.05, 3.63) is 71.7 Å². The highest BCUT2D eigenvalue weighted by Crippen LogP contribution is 2.30. The van der Waals surface area contributed by atoms with Crippen molar-refractivity contribution in [2.24, 2.45) is 16.8 Å². The van der Waals surface area contributed by atoms with E-state index in [0.717, 1.165) is 55.5 Å². The lowest BCUT2D eigenvalue weighted by atomic mass is 9.98. The monoisotopic (exact) mass is 578 g/mol. The highest BCUT2D eigenvalue weighted by molar-refractivity contribution is 5.95. The number of hydrogen-bond acceptors (Lipinski definition) is 7. The van der Waals surface area contributed by atoms with Gasteiger partial charge in [-0.15, -0.1) is 0 Å². The van der Waals surface area contributed by atoms with E-state index in [1.165, 1.54) is 0 Å². The first kappa shape index (κ1) is 34.1. The number of methoxy groups -OCH3 is 2. The van der Waals surface area contributed by atoms with E-state index >= 15 is 0 Å². The fourth-order valence-corrected chi connectivity index (χ4v) is 4.58. The first-order valence-corrected chi connectivity index (χ1v) is 14.4. The lowest BCUT2D eigenvalue weighted by molar-refractivity contribution is -0.120. The summed E-state index contributed by atoms with van der Waals surface area (Å²) in [4.78, 5) is 29.7. The molecular formula is C33H46N4O5. The number of aliphatic hydroxyl groups is 1. The van der Waals surface area contributed by atoms with Crippen LogP contribution in [0.1, 0.15) is 57.9 Å². The summed E-state index contributed by atoms with van der Waals surface area (Å²) < 4.78 is 10.8. The molecule has 2 aromatic rings. The van der Waals surface area contributed by atoms with Gasteiger partial charge in [0.1, 0.15) is 0 Å². The highest BCUT2D eigenvalue weighted by atomic mass is 16.5. The molecule has 0 bridgehead atoms. The third kappa shape index (κ3) is 10.4. The van der Waals surface area contributed by atoms with Crippen molar-refractivity contribution < 1.29 is 24.2 Å². The molecule has 1 aliphatic rings. The summed E-state index contributed by atoms with van der Waals surface area (Å²) >= 11 is 0. The summed E-state index contributed by atoms with van der Waals surface area (Å²) in [5, 5.41) is 16.4. The lowest BCUT2D eigenvalue weighted by Gasteiger charge is -2.15. The number of rotatable bonds is 14. The molecule has 9 nitrogen and oxygen atoms in total. The van der Waals surface area contributed by atoms with Gasteiger partial charge in [0.2, 0.25) is 11.8 Å². The standard InChI is InChI=1S/C32H42N4O4.CH4O/c1-6-8-9-23(7-2)31(37)35-25-13-10-22(11-14-25)21-34-29-17-15-26(19-30(29)33-3)36-32(38)24-12-16-27(39-4)20-28(18-24)40-5;1-2/h10-11,13-19,23-24,34H,3,6-9,12,20-21H2,1-2,4-5H3,(H,35,37)(H,36,38);2H,1H3. The maximum Gasteiger partial charge on any atom is 0.231 e. The number of benzene rings is 2. The molecule has 0 saturated carbocycles. The molecule has 42 heavy (non-hydrogen) atoms. The number of allylic oxidation sites excluding steroid dienone is 1. The second-order valence-corrected chi connectivity index (χ2v) is 9.90. The fraction of sp³-hybridized carbons (Fsp3) is 0.424. The largest absolute Gasteiger partial charge is 0.501 e. The minimum absolute atomic E-state index is 0.0469. The molecule has 0 saturated heterocycles. The predicted molar refractivity (Wildman–Crippen MR) is 171 cm³/mol. The first-order valence-electron chi connectivity index (χ1n) is 14.4. The minimum atomic E-state index is -0.377. The molecule has 4 N–H and O–H groups in total. The van der Waals surface area contributed by atoms with E-state index in [0.29, 0.717) is 36.5 Å². The van der Waals surface area contributed by atoms with Crippen LogP contribution in [0.2, 0.25) is 0 Å². The summed E-state index contributed by atoms with van der Waals surface area (Å²) in [5.74, 6) is 1.10. The van der Waals surface area contributed by atoms with E-state index < -0.39 is 0 Å². The van der Waals surface area contributed by atoms with Gasteiger partial charge in [-0.3, -0.25) is 14.6 Å². The van der Waals surface area contributed by atoms with E-state index in [4.69, 9.17) is 14.6 Å². The van der Waals surface area contributed by atoms with Crippen LogP contribution in [0.4, 0.5) is 22.7 Å². The molecule has 2 aromatic carbocycles. The third-order valence-corrected chi connectivity index (χ3v) is 7.11. The van der Waals surface area contributed by atoms with Crippen molar-refractivity contribution in [3.63, 3.8) is 0 Å². The average Bonchev–Trinajstić information content (AvgIpc) is 3.25. The first-order chi connectivity index (χ1) is 20.4. The maximum atomic E-state index is 13.0. The predicted octanol–water partition coefficient (Wildman–Crippen LogP) is 6.80. The van der Waals surface area contributed by atoms with Crippen molar-refractivity contribution in [2.75, 3.05) is 37.3 Å². The zero-order chi connectivity index (χ0) is 30.9. The number of unbranched alkanes of at least 4 members (excludes halogenated alkanes) is 1. The number of hydrogen-bond donors (Lipinski definition) is 4. The van der Waals surface area contributed by atoms with Crippen molar-refractivity contribution in [2.45, 2.75) is 58.9 Å². The molecule has 0 radical (unpaired) electrons. The highest BCUT2D eigenvalue weighted by Gasteiger charge is 2.21. The Kier molecular flexibility index (Phi) is 14.9. The number of aliphatic imine (C=N–C) groups is 1. The van der Waals surface area contributed by atoms with Crippen LogP contribution >= 0.6 is 0 Å². The number of anilines is 3.